The lowest BCUT2D eigenvalue weighted by Gasteiger charge is -2.28. The predicted molar refractivity (Wildman–Crippen MR) is 80.2 cm³/mol. The lowest BCUT2D eigenvalue weighted by Crippen LogP contribution is -2.31. The topological polar surface area (TPSA) is 15.3 Å². The summed E-state index contributed by atoms with van der Waals surface area (Å²) in [6.07, 6.45) is 6.86. The summed E-state index contributed by atoms with van der Waals surface area (Å²) < 4.78 is 0. The van der Waals surface area contributed by atoms with E-state index in [0.29, 0.717) is 6.04 Å². The molecule has 2 aliphatic heterocycles. The van der Waals surface area contributed by atoms with Crippen molar-refractivity contribution in [1.29, 1.82) is 0 Å². The van der Waals surface area contributed by atoms with Gasteiger partial charge in [-0.25, -0.2) is 0 Å². The second kappa shape index (κ2) is 6.53. The molecule has 1 N–H and O–H groups in total. The highest BCUT2D eigenvalue weighted by Crippen LogP contribution is 2.32. The van der Waals surface area contributed by atoms with Crippen LogP contribution in [-0.2, 0) is 0 Å². The summed E-state index contributed by atoms with van der Waals surface area (Å²) in [7, 11) is 0. The molecule has 0 bridgehead atoms. The number of piperidine rings is 1. The molecule has 1 atom stereocenters. The number of hydrogen-bond acceptors (Lipinski definition) is 2. The van der Waals surface area contributed by atoms with Crippen molar-refractivity contribution in [2.75, 3.05) is 26.2 Å². The number of likely N-dealkylation sites (tertiary alicyclic amines) is 1. The maximum absolute atomic E-state index is 3.46. The van der Waals surface area contributed by atoms with Crippen molar-refractivity contribution in [3.8, 4) is 0 Å². The average molecular weight is 258 g/mol. The van der Waals surface area contributed by atoms with Crippen LogP contribution in [0.5, 0.6) is 0 Å². The fourth-order valence-corrected chi connectivity index (χ4v) is 3.67. The Balaban J connectivity index is 1.54. The van der Waals surface area contributed by atoms with Gasteiger partial charge in [-0.2, -0.15) is 0 Å². The standard InChI is InChI=1S/C17H26N2/c1-2-5-16(6-3-1)17-7-4-13-19(17)14-10-15-8-11-18-12-9-15/h1-3,5-6,15,17-18H,4,7-14H2. The quantitative estimate of drug-likeness (QED) is 0.892. The van der Waals surface area contributed by atoms with Gasteiger partial charge in [0.1, 0.15) is 0 Å². The first-order valence-corrected chi connectivity index (χ1v) is 7.93. The van der Waals surface area contributed by atoms with Gasteiger partial charge in [0.15, 0.2) is 0 Å². The van der Waals surface area contributed by atoms with Crippen LogP contribution in [0.4, 0.5) is 0 Å². The van der Waals surface area contributed by atoms with Crippen LogP contribution in [0.2, 0.25) is 0 Å². The van der Waals surface area contributed by atoms with Crippen LogP contribution in [0.3, 0.4) is 0 Å². The third-order valence-electron chi connectivity index (χ3n) is 4.83. The monoisotopic (exact) mass is 258 g/mol. The number of nitrogens with one attached hydrogen (secondary N) is 1. The molecule has 1 aromatic rings. The van der Waals surface area contributed by atoms with Crippen LogP contribution in [0.25, 0.3) is 0 Å². The van der Waals surface area contributed by atoms with Gasteiger partial charge in [0, 0.05) is 6.04 Å². The number of hydrogen-bond donors (Lipinski definition) is 1. The Bertz CT molecular complexity index is 370. The molecule has 0 radical (unpaired) electrons. The molecule has 0 amide bonds. The summed E-state index contributed by atoms with van der Waals surface area (Å²) in [5.74, 6) is 0.957. The van der Waals surface area contributed by atoms with Crippen molar-refractivity contribution in [3.05, 3.63) is 35.9 Å². The predicted octanol–water partition coefficient (Wildman–Crippen LogP) is 3.21. The van der Waals surface area contributed by atoms with Crippen LogP contribution in [0.1, 0.15) is 43.7 Å². The van der Waals surface area contributed by atoms with E-state index in [2.05, 4.69) is 40.5 Å². The van der Waals surface area contributed by atoms with Crippen molar-refractivity contribution in [2.45, 2.75) is 38.1 Å². The van der Waals surface area contributed by atoms with Crippen LogP contribution < -0.4 is 5.32 Å². The Labute approximate surface area is 117 Å². The van der Waals surface area contributed by atoms with E-state index in [4.69, 9.17) is 0 Å². The van der Waals surface area contributed by atoms with E-state index < -0.39 is 0 Å². The number of benzene rings is 1. The third-order valence-corrected chi connectivity index (χ3v) is 4.83. The van der Waals surface area contributed by atoms with Gasteiger partial charge in [-0.1, -0.05) is 30.3 Å². The molecular formula is C17H26N2. The summed E-state index contributed by atoms with van der Waals surface area (Å²) >= 11 is 0. The van der Waals surface area contributed by atoms with E-state index in [1.807, 2.05) is 0 Å². The van der Waals surface area contributed by atoms with Gasteiger partial charge in [-0.3, -0.25) is 4.90 Å². The van der Waals surface area contributed by atoms with Crippen LogP contribution in [-0.4, -0.2) is 31.1 Å². The van der Waals surface area contributed by atoms with E-state index in [9.17, 15) is 0 Å². The molecule has 1 aromatic carbocycles. The molecule has 0 spiro atoms. The van der Waals surface area contributed by atoms with E-state index in [-0.39, 0.29) is 0 Å². The minimum absolute atomic E-state index is 0.683. The summed E-state index contributed by atoms with van der Waals surface area (Å²) in [6.45, 7) is 5.05. The van der Waals surface area contributed by atoms with Gasteiger partial charge >= 0.3 is 0 Å². The van der Waals surface area contributed by atoms with Crippen molar-refractivity contribution in [1.82, 2.24) is 10.2 Å². The molecule has 2 heteroatoms. The first kappa shape index (κ1) is 13.1. The summed E-state index contributed by atoms with van der Waals surface area (Å²) in [4.78, 5) is 2.72. The molecule has 2 aliphatic rings. The Morgan fingerprint density at radius 3 is 2.63 bits per heavy atom. The summed E-state index contributed by atoms with van der Waals surface area (Å²) in [5.41, 5.74) is 1.52. The van der Waals surface area contributed by atoms with Gasteiger partial charge < -0.3 is 5.32 Å². The summed E-state index contributed by atoms with van der Waals surface area (Å²) in [5, 5.41) is 3.46. The Morgan fingerprint density at radius 2 is 1.84 bits per heavy atom. The zero-order chi connectivity index (χ0) is 12.9. The molecule has 3 rings (SSSR count). The molecule has 104 valence electrons. The second-order valence-electron chi connectivity index (χ2n) is 6.09. The smallest absolute Gasteiger partial charge is 0.0348 e. The van der Waals surface area contributed by atoms with Gasteiger partial charge in [-0.05, 0) is 69.8 Å². The van der Waals surface area contributed by atoms with Crippen molar-refractivity contribution in [2.24, 2.45) is 5.92 Å². The second-order valence-corrected chi connectivity index (χ2v) is 6.09. The molecule has 1 unspecified atom stereocenters. The molecule has 2 saturated heterocycles. The van der Waals surface area contributed by atoms with Crippen molar-refractivity contribution >= 4 is 0 Å². The molecule has 0 aromatic heterocycles. The normalized spacial score (nSPS) is 25.8. The third kappa shape index (κ3) is 3.37. The number of nitrogens with zero attached hydrogens (tertiary/aromatic N) is 1. The van der Waals surface area contributed by atoms with Crippen LogP contribution in [0, 0.1) is 5.92 Å². The first-order valence-electron chi connectivity index (χ1n) is 7.93. The minimum Gasteiger partial charge on any atom is -0.317 e. The zero-order valence-corrected chi connectivity index (χ0v) is 11.9. The molecule has 0 aliphatic carbocycles. The zero-order valence-electron chi connectivity index (χ0n) is 11.9. The molecule has 2 heterocycles. The van der Waals surface area contributed by atoms with Crippen molar-refractivity contribution in [3.63, 3.8) is 0 Å². The minimum atomic E-state index is 0.683. The Morgan fingerprint density at radius 1 is 1.05 bits per heavy atom. The maximum atomic E-state index is 3.46. The van der Waals surface area contributed by atoms with E-state index in [1.165, 1.54) is 63.8 Å². The highest BCUT2D eigenvalue weighted by Gasteiger charge is 2.26. The highest BCUT2D eigenvalue weighted by atomic mass is 15.2. The fourth-order valence-electron chi connectivity index (χ4n) is 3.67. The van der Waals surface area contributed by atoms with Gasteiger partial charge in [0.05, 0.1) is 0 Å². The number of rotatable bonds is 4. The average Bonchev–Trinajstić information content (AvgIpc) is 2.95. The largest absolute Gasteiger partial charge is 0.317 e. The van der Waals surface area contributed by atoms with Crippen LogP contribution >= 0.6 is 0 Å². The molecule has 2 nitrogen and oxygen atoms in total. The van der Waals surface area contributed by atoms with Gasteiger partial charge in [-0.15, -0.1) is 0 Å². The lowest BCUT2D eigenvalue weighted by molar-refractivity contribution is 0.222. The van der Waals surface area contributed by atoms with Crippen molar-refractivity contribution < 1.29 is 0 Å². The Hall–Kier alpha value is -0.860. The molecule has 19 heavy (non-hydrogen) atoms. The van der Waals surface area contributed by atoms with E-state index in [1.54, 1.807) is 0 Å². The maximum Gasteiger partial charge on any atom is 0.0348 e. The van der Waals surface area contributed by atoms with E-state index >= 15 is 0 Å². The van der Waals surface area contributed by atoms with Crippen LogP contribution in [0.15, 0.2) is 30.3 Å². The van der Waals surface area contributed by atoms with Gasteiger partial charge in [0.25, 0.3) is 0 Å². The molecular weight excluding hydrogens is 232 g/mol. The molecule has 0 saturated carbocycles. The highest BCUT2D eigenvalue weighted by molar-refractivity contribution is 5.19. The Kier molecular flexibility index (Phi) is 4.52. The summed E-state index contributed by atoms with van der Waals surface area (Å²) in [6, 6.07) is 11.8. The SMILES string of the molecule is c1ccc(C2CCCN2CCC2CCNCC2)cc1. The lowest BCUT2D eigenvalue weighted by atomic mass is 9.94. The molecule has 2 fully saturated rings. The fraction of sp³-hybridized carbons (Fsp3) is 0.647. The van der Waals surface area contributed by atoms with E-state index in [0.717, 1.165) is 5.92 Å². The van der Waals surface area contributed by atoms with Gasteiger partial charge in [0.2, 0.25) is 0 Å². The first-order chi connectivity index (χ1) is 9.43.